The smallest absolute Gasteiger partial charge is 0.337 e. The van der Waals surface area contributed by atoms with Crippen molar-refractivity contribution in [2.24, 2.45) is 64.1 Å². The van der Waals surface area contributed by atoms with Gasteiger partial charge in [-0.3, -0.25) is 9.59 Å². The highest BCUT2D eigenvalue weighted by Crippen LogP contribution is 2.86. The first-order valence-electron chi connectivity index (χ1n) is 14.7. The van der Waals surface area contributed by atoms with Crippen LogP contribution < -0.4 is 10.6 Å². The zero-order valence-electron chi connectivity index (χ0n) is 22.5. The Bertz CT molecular complexity index is 1260. The van der Waals surface area contributed by atoms with Crippen molar-refractivity contribution in [3.63, 3.8) is 0 Å². The lowest BCUT2D eigenvalue weighted by Gasteiger charge is -2.84. The van der Waals surface area contributed by atoms with E-state index in [1.165, 1.54) is 58.1 Å². The molecule has 206 valence electrons. The standard InChI is InChI=1S/C31H36N2O6/c1-38-27(35)15-5-16(28(36)39-2)7-17(6-15)33-24(34)12-32-29(37)30-10-22-19-8-18-20-3-14-4-21(18)26(23(19)11-30)31(9-14,13-30)25(20)22/h5-7,14,18-23,25-26H,3-4,8-13H2,1-2H3,(H,32,37)(H,33,34)/t14?,18?,19?,20-,21+,22+,23-,25-,26+,30?,31?. The number of carbonyl (C=O) groups is 4. The van der Waals surface area contributed by atoms with Crippen LogP contribution in [-0.4, -0.2) is 44.5 Å². The fraction of sp³-hybridized carbons (Fsp3) is 0.677. The van der Waals surface area contributed by atoms with Crippen LogP contribution >= 0.6 is 0 Å². The van der Waals surface area contributed by atoms with Crippen molar-refractivity contribution in [3.05, 3.63) is 29.3 Å². The molecule has 1 spiro atoms. The molecule has 11 rings (SSSR count). The first-order chi connectivity index (χ1) is 18.8. The second-order valence-corrected chi connectivity index (χ2v) is 13.9. The Morgan fingerprint density at radius 2 is 1.38 bits per heavy atom. The number of amides is 2. The summed E-state index contributed by atoms with van der Waals surface area (Å²) in [7, 11) is 2.50. The average molecular weight is 533 g/mol. The van der Waals surface area contributed by atoms with E-state index in [0.717, 1.165) is 60.7 Å². The lowest BCUT2D eigenvalue weighted by atomic mass is 9.20. The maximum Gasteiger partial charge on any atom is 0.337 e. The molecule has 2 amide bonds. The Labute approximate surface area is 227 Å². The summed E-state index contributed by atoms with van der Waals surface area (Å²) < 4.78 is 9.55. The monoisotopic (exact) mass is 532 g/mol. The number of benzene rings is 1. The highest BCUT2D eigenvalue weighted by molar-refractivity contribution is 6.00. The summed E-state index contributed by atoms with van der Waals surface area (Å²) in [6.45, 7) is -0.148. The molecule has 8 nitrogen and oxygen atoms in total. The summed E-state index contributed by atoms with van der Waals surface area (Å²) in [5.74, 6) is 6.01. The van der Waals surface area contributed by atoms with Crippen LogP contribution in [0.5, 0.6) is 0 Å². The fourth-order valence-electron chi connectivity index (χ4n) is 12.4. The summed E-state index contributed by atoms with van der Waals surface area (Å²) in [5, 5.41) is 5.74. The SMILES string of the molecule is COC(=O)c1cc(NC(=O)CNC(=O)C23C[C@@H]4C5CC6[C@H]7CC8C[C@@H]6[C@@H]4C(C8)(C2)[C@H]7[C@H]5C3)cc(C(=O)OC)c1. The maximum absolute atomic E-state index is 13.9. The van der Waals surface area contributed by atoms with Crippen LogP contribution in [0.1, 0.15) is 65.7 Å². The number of esters is 2. The van der Waals surface area contributed by atoms with E-state index in [1.54, 1.807) is 0 Å². The summed E-state index contributed by atoms with van der Waals surface area (Å²) >= 11 is 0. The summed E-state index contributed by atoms with van der Waals surface area (Å²) in [5.41, 5.74) is 0.570. The minimum atomic E-state index is -0.629. The van der Waals surface area contributed by atoms with Crippen molar-refractivity contribution in [2.75, 3.05) is 26.1 Å². The second-order valence-electron chi connectivity index (χ2n) is 13.9. The zero-order chi connectivity index (χ0) is 26.8. The normalized spacial score (nSPS) is 44.4. The van der Waals surface area contributed by atoms with E-state index >= 15 is 0 Å². The van der Waals surface area contributed by atoms with Gasteiger partial charge in [-0.25, -0.2) is 9.59 Å². The van der Waals surface area contributed by atoms with E-state index in [9.17, 15) is 19.2 Å². The van der Waals surface area contributed by atoms with E-state index < -0.39 is 17.8 Å². The van der Waals surface area contributed by atoms with Gasteiger partial charge in [0.2, 0.25) is 11.8 Å². The van der Waals surface area contributed by atoms with Crippen LogP contribution in [0.4, 0.5) is 5.69 Å². The molecule has 2 N–H and O–H groups in total. The molecule has 0 radical (unpaired) electrons. The zero-order valence-corrected chi connectivity index (χ0v) is 22.5. The van der Waals surface area contributed by atoms with Crippen LogP contribution in [0.2, 0.25) is 0 Å². The quantitative estimate of drug-likeness (QED) is 0.541. The number of carbonyl (C=O) groups excluding carboxylic acids is 4. The molecule has 10 aliphatic carbocycles. The van der Waals surface area contributed by atoms with E-state index in [4.69, 9.17) is 9.47 Å². The molecular weight excluding hydrogens is 496 g/mol. The fourth-order valence-corrected chi connectivity index (χ4v) is 12.4. The van der Waals surface area contributed by atoms with E-state index in [-0.39, 0.29) is 34.7 Å². The maximum atomic E-state index is 13.9. The number of rotatable bonds is 6. The number of hydrogen-bond acceptors (Lipinski definition) is 6. The number of nitrogens with one attached hydrogen (secondary N) is 2. The molecule has 8 heteroatoms. The lowest BCUT2D eigenvalue weighted by Crippen LogP contribution is -2.79. The van der Waals surface area contributed by atoms with Crippen molar-refractivity contribution in [2.45, 2.75) is 44.9 Å². The van der Waals surface area contributed by atoms with Crippen molar-refractivity contribution in [1.82, 2.24) is 5.32 Å². The predicted molar refractivity (Wildman–Crippen MR) is 139 cm³/mol. The van der Waals surface area contributed by atoms with Gasteiger partial charge in [0.25, 0.3) is 0 Å². The van der Waals surface area contributed by atoms with Gasteiger partial charge in [-0.1, -0.05) is 0 Å². The molecule has 39 heavy (non-hydrogen) atoms. The number of ether oxygens (including phenoxy) is 2. The molecule has 0 saturated heterocycles. The van der Waals surface area contributed by atoms with E-state index in [2.05, 4.69) is 10.6 Å². The van der Waals surface area contributed by atoms with Crippen molar-refractivity contribution < 1.29 is 28.7 Å². The Hall–Kier alpha value is -2.90. The molecular formula is C31H36N2O6. The van der Waals surface area contributed by atoms with Gasteiger partial charge in [-0.2, -0.15) is 0 Å². The Balaban J connectivity index is 0.993. The molecule has 11 bridgehead atoms. The van der Waals surface area contributed by atoms with Gasteiger partial charge in [0.05, 0.1) is 37.3 Å². The van der Waals surface area contributed by atoms with Gasteiger partial charge < -0.3 is 20.1 Å². The molecule has 10 saturated carbocycles. The van der Waals surface area contributed by atoms with Crippen molar-refractivity contribution in [1.29, 1.82) is 0 Å². The van der Waals surface area contributed by atoms with Gasteiger partial charge in [-0.05, 0) is 122 Å². The highest BCUT2D eigenvalue weighted by atomic mass is 16.5. The van der Waals surface area contributed by atoms with Crippen LogP contribution in [0, 0.1) is 64.1 Å². The molecule has 10 aliphatic rings. The lowest BCUT2D eigenvalue weighted by molar-refractivity contribution is -0.358. The third kappa shape index (κ3) is 3.01. The highest BCUT2D eigenvalue weighted by Gasteiger charge is 2.81. The second kappa shape index (κ2) is 7.85. The van der Waals surface area contributed by atoms with Gasteiger partial charge in [0.1, 0.15) is 0 Å². The number of hydrogen-bond donors (Lipinski definition) is 2. The Morgan fingerprint density at radius 1 is 0.795 bits per heavy atom. The van der Waals surface area contributed by atoms with E-state index in [1.807, 2.05) is 0 Å². The van der Waals surface area contributed by atoms with Crippen LogP contribution in [0.15, 0.2) is 18.2 Å². The molecule has 0 aliphatic heterocycles. The van der Waals surface area contributed by atoms with Gasteiger partial charge in [0, 0.05) is 5.69 Å². The molecule has 1 aromatic carbocycles. The van der Waals surface area contributed by atoms with Crippen molar-refractivity contribution in [3.8, 4) is 0 Å². The first kappa shape index (κ1) is 23.9. The first-order valence-corrected chi connectivity index (χ1v) is 14.7. The third-order valence-corrected chi connectivity index (χ3v) is 12.7. The third-order valence-electron chi connectivity index (χ3n) is 12.7. The minimum Gasteiger partial charge on any atom is -0.465 e. The average Bonchev–Trinajstić information content (AvgIpc) is 2.93. The molecule has 11 atom stereocenters. The Morgan fingerprint density at radius 3 is 1.97 bits per heavy atom. The van der Waals surface area contributed by atoms with Gasteiger partial charge in [0.15, 0.2) is 0 Å². The number of methoxy groups -OCH3 is 2. The van der Waals surface area contributed by atoms with Crippen molar-refractivity contribution >= 4 is 29.4 Å². The predicted octanol–water partition coefficient (Wildman–Crippen LogP) is 3.66. The minimum absolute atomic E-state index is 0.0504. The van der Waals surface area contributed by atoms with Gasteiger partial charge >= 0.3 is 11.9 Å². The number of anilines is 1. The summed E-state index contributed by atoms with van der Waals surface area (Å²) in [6.07, 6.45) is 8.69. The summed E-state index contributed by atoms with van der Waals surface area (Å²) in [6, 6.07) is 4.26. The van der Waals surface area contributed by atoms with Crippen LogP contribution in [0.25, 0.3) is 0 Å². The van der Waals surface area contributed by atoms with Crippen LogP contribution in [0.3, 0.4) is 0 Å². The molecule has 0 heterocycles. The molecule has 10 fully saturated rings. The van der Waals surface area contributed by atoms with E-state index in [0.29, 0.717) is 17.3 Å². The van der Waals surface area contributed by atoms with Gasteiger partial charge in [-0.15, -0.1) is 0 Å². The molecule has 5 unspecified atom stereocenters. The topological polar surface area (TPSA) is 111 Å². The van der Waals surface area contributed by atoms with Crippen LogP contribution in [-0.2, 0) is 19.1 Å². The largest absolute Gasteiger partial charge is 0.465 e. The molecule has 1 aromatic rings. The molecule has 0 aromatic heterocycles. The summed E-state index contributed by atoms with van der Waals surface area (Å²) in [4.78, 5) is 51.0. The Kier molecular flexibility index (Phi) is 4.82.